The largest absolute Gasteiger partial charge is 0.247 e. The lowest BCUT2D eigenvalue weighted by Gasteiger charge is -2.09. The van der Waals surface area contributed by atoms with Gasteiger partial charge in [-0.3, -0.25) is 0 Å². The van der Waals surface area contributed by atoms with Crippen LogP contribution in [0.3, 0.4) is 0 Å². The fraction of sp³-hybridized carbons (Fsp3) is 0.182. The van der Waals surface area contributed by atoms with Crippen LogP contribution in [0.4, 0.5) is 0 Å². The molecule has 0 fully saturated rings. The maximum Gasteiger partial charge on any atom is 0.206 e. The molecule has 17 heavy (non-hydrogen) atoms. The lowest BCUT2D eigenvalue weighted by Crippen LogP contribution is -2.18. The molecule has 1 heterocycles. The third kappa shape index (κ3) is 2.39. The molecule has 1 unspecified atom stereocenters. The minimum atomic E-state index is -3.61. The monoisotopic (exact) mass is 289 g/mol. The van der Waals surface area contributed by atoms with E-state index in [0.717, 1.165) is 5.56 Å². The van der Waals surface area contributed by atoms with Crippen LogP contribution >= 0.6 is 23.2 Å². The Labute approximate surface area is 110 Å². The van der Waals surface area contributed by atoms with Crippen LogP contribution in [0.1, 0.15) is 5.56 Å². The number of rotatable bonds is 2. The molecule has 1 aliphatic rings. The van der Waals surface area contributed by atoms with Crippen LogP contribution in [0.25, 0.3) is 0 Å². The van der Waals surface area contributed by atoms with Crippen molar-refractivity contribution >= 4 is 38.2 Å². The summed E-state index contributed by atoms with van der Waals surface area (Å²) in [4.78, 5) is 4.00. The van der Waals surface area contributed by atoms with Crippen molar-refractivity contribution in [1.29, 1.82) is 0 Å². The first-order chi connectivity index (χ1) is 7.91. The molecule has 1 aromatic rings. The number of nitrogens with zero attached hydrogens (tertiary/aromatic N) is 1. The summed E-state index contributed by atoms with van der Waals surface area (Å²) in [5.74, 6) is 0. The predicted molar refractivity (Wildman–Crippen MR) is 69.4 cm³/mol. The van der Waals surface area contributed by atoms with Crippen LogP contribution in [0.15, 0.2) is 45.3 Å². The molecule has 90 valence electrons. The number of aliphatic imine (C=N–C) groups is 1. The molecule has 0 N–H and O–H groups in total. The van der Waals surface area contributed by atoms with Crippen molar-refractivity contribution in [3.8, 4) is 0 Å². The highest BCUT2D eigenvalue weighted by atomic mass is 35.5. The van der Waals surface area contributed by atoms with Crippen LogP contribution in [0.5, 0.6) is 0 Å². The molecule has 1 aliphatic heterocycles. The summed E-state index contributed by atoms with van der Waals surface area (Å²) in [6, 6.07) is 6.53. The Morgan fingerprint density at radius 3 is 2.24 bits per heavy atom. The number of benzene rings is 1. The van der Waals surface area contributed by atoms with Gasteiger partial charge in [0.05, 0.1) is 9.93 Å². The molecular formula is C11H9Cl2NO2S. The zero-order chi connectivity index (χ0) is 12.6. The van der Waals surface area contributed by atoms with Gasteiger partial charge in [0.25, 0.3) is 0 Å². The summed E-state index contributed by atoms with van der Waals surface area (Å²) in [6.45, 7) is 1.88. The van der Waals surface area contributed by atoms with Crippen molar-refractivity contribution in [2.75, 3.05) is 0 Å². The van der Waals surface area contributed by atoms with Gasteiger partial charge in [-0.15, -0.1) is 0 Å². The van der Waals surface area contributed by atoms with E-state index in [1.165, 1.54) is 18.2 Å². The summed E-state index contributed by atoms with van der Waals surface area (Å²) in [7, 11) is -3.61. The summed E-state index contributed by atoms with van der Waals surface area (Å²) in [6.07, 6.45) is 1.35. The highest BCUT2D eigenvalue weighted by Crippen LogP contribution is 2.29. The Kier molecular flexibility index (Phi) is 3.30. The first-order valence-corrected chi connectivity index (χ1v) is 7.12. The van der Waals surface area contributed by atoms with E-state index < -0.39 is 15.2 Å². The fourth-order valence-electron chi connectivity index (χ4n) is 1.47. The highest BCUT2D eigenvalue weighted by molar-refractivity contribution is 7.92. The van der Waals surface area contributed by atoms with E-state index >= 15 is 0 Å². The third-order valence-corrected chi connectivity index (χ3v) is 4.91. The number of halogens is 2. The zero-order valence-corrected chi connectivity index (χ0v) is 11.2. The van der Waals surface area contributed by atoms with Crippen LogP contribution in [-0.2, 0) is 9.84 Å². The molecule has 2 rings (SSSR count). The van der Waals surface area contributed by atoms with E-state index in [4.69, 9.17) is 23.2 Å². The highest BCUT2D eigenvalue weighted by Gasteiger charge is 2.33. The normalized spacial score (nSPS) is 20.1. The molecular weight excluding hydrogens is 281 g/mol. The second-order valence-corrected chi connectivity index (χ2v) is 6.52. The maximum absolute atomic E-state index is 12.2. The Balaban J connectivity index is 2.45. The van der Waals surface area contributed by atoms with Crippen LogP contribution < -0.4 is 0 Å². The van der Waals surface area contributed by atoms with E-state index in [2.05, 4.69) is 4.99 Å². The van der Waals surface area contributed by atoms with Crippen molar-refractivity contribution in [2.45, 2.75) is 17.2 Å². The first-order valence-electron chi connectivity index (χ1n) is 4.82. The second-order valence-electron chi connectivity index (χ2n) is 3.69. The van der Waals surface area contributed by atoms with E-state index in [9.17, 15) is 8.42 Å². The van der Waals surface area contributed by atoms with E-state index in [0.29, 0.717) is 0 Å². The standard InChI is InChI=1S/C11H9Cl2NO2S/c1-7-2-4-8(5-3-7)17(15,16)11-9(12)6-10(13)14-11/h2-6,11H,1H3. The summed E-state index contributed by atoms with van der Waals surface area (Å²) in [5, 5.41) is -0.884. The van der Waals surface area contributed by atoms with Crippen molar-refractivity contribution in [1.82, 2.24) is 0 Å². The van der Waals surface area contributed by atoms with Gasteiger partial charge < -0.3 is 0 Å². The molecule has 3 nitrogen and oxygen atoms in total. The Morgan fingerprint density at radius 1 is 1.18 bits per heavy atom. The number of aryl methyl sites for hydroxylation is 1. The van der Waals surface area contributed by atoms with Crippen LogP contribution in [0.2, 0.25) is 0 Å². The Hall–Kier alpha value is -0.840. The van der Waals surface area contributed by atoms with Crippen LogP contribution in [0, 0.1) is 6.92 Å². The second kappa shape index (κ2) is 4.44. The number of allylic oxidation sites excluding steroid dienone is 1. The van der Waals surface area contributed by atoms with Gasteiger partial charge in [-0.05, 0) is 25.1 Å². The number of sulfone groups is 1. The van der Waals surface area contributed by atoms with Gasteiger partial charge in [0.15, 0.2) is 5.37 Å². The molecule has 0 aromatic heterocycles. The van der Waals surface area contributed by atoms with Gasteiger partial charge in [-0.1, -0.05) is 40.9 Å². The Bertz CT molecular complexity index is 603. The molecule has 0 spiro atoms. The fourth-order valence-corrected chi connectivity index (χ4v) is 3.69. The summed E-state index contributed by atoms with van der Waals surface area (Å²) in [5.41, 5.74) is 0.985. The molecule has 0 bridgehead atoms. The van der Waals surface area contributed by atoms with Crippen molar-refractivity contribution < 1.29 is 8.42 Å². The molecule has 0 amide bonds. The maximum atomic E-state index is 12.2. The first kappa shape index (κ1) is 12.6. The van der Waals surface area contributed by atoms with Gasteiger partial charge in [0, 0.05) is 0 Å². The zero-order valence-electron chi connectivity index (χ0n) is 8.89. The molecule has 0 radical (unpaired) electrons. The summed E-state index contributed by atoms with van der Waals surface area (Å²) >= 11 is 11.5. The van der Waals surface area contributed by atoms with E-state index in [1.807, 2.05) is 6.92 Å². The van der Waals surface area contributed by atoms with Crippen LogP contribution in [-0.4, -0.2) is 19.0 Å². The molecule has 1 aromatic carbocycles. The average Bonchev–Trinajstić information content (AvgIpc) is 2.59. The SMILES string of the molecule is Cc1ccc(S(=O)(=O)C2N=C(Cl)C=C2Cl)cc1. The lowest BCUT2D eigenvalue weighted by molar-refractivity contribution is 0.589. The van der Waals surface area contributed by atoms with Gasteiger partial charge in [-0.25, -0.2) is 13.4 Å². The Morgan fingerprint density at radius 2 is 1.76 bits per heavy atom. The van der Waals surface area contributed by atoms with Crippen molar-refractivity contribution in [2.24, 2.45) is 4.99 Å². The topological polar surface area (TPSA) is 46.5 Å². The minimum absolute atomic E-state index is 0.107. The average molecular weight is 290 g/mol. The van der Waals surface area contributed by atoms with E-state index in [1.54, 1.807) is 12.1 Å². The molecule has 1 atom stereocenters. The van der Waals surface area contributed by atoms with Crippen molar-refractivity contribution in [3.05, 3.63) is 40.9 Å². The summed E-state index contributed by atoms with van der Waals surface area (Å²) < 4.78 is 24.4. The van der Waals surface area contributed by atoms with Gasteiger partial charge in [0.2, 0.25) is 9.84 Å². The van der Waals surface area contributed by atoms with E-state index in [-0.39, 0.29) is 15.1 Å². The third-order valence-electron chi connectivity index (χ3n) is 2.38. The molecule has 0 saturated carbocycles. The molecule has 0 saturated heterocycles. The minimum Gasteiger partial charge on any atom is -0.247 e. The quantitative estimate of drug-likeness (QED) is 0.840. The number of hydrogen-bond acceptors (Lipinski definition) is 3. The molecule has 0 aliphatic carbocycles. The van der Waals surface area contributed by atoms with Gasteiger partial charge in [-0.2, -0.15) is 0 Å². The predicted octanol–water partition coefficient (Wildman–Crippen LogP) is 2.87. The van der Waals surface area contributed by atoms with Gasteiger partial charge >= 0.3 is 0 Å². The molecule has 6 heteroatoms. The number of hydrogen-bond donors (Lipinski definition) is 0. The lowest BCUT2D eigenvalue weighted by atomic mass is 10.2. The van der Waals surface area contributed by atoms with Gasteiger partial charge in [0.1, 0.15) is 5.17 Å². The van der Waals surface area contributed by atoms with Crippen molar-refractivity contribution in [3.63, 3.8) is 0 Å². The smallest absolute Gasteiger partial charge is 0.206 e.